The molecule has 1 nitrogen and oxygen atoms in total. The van der Waals surface area contributed by atoms with Gasteiger partial charge in [-0.2, -0.15) is 0 Å². The highest BCUT2D eigenvalue weighted by molar-refractivity contribution is 6.31. The molecule has 0 heterocycles. The summed E-state index contributed by atoms with van der Waals surface area (Å²) >= 11 is 5.91. The van der Waals surface area contributed by atoms with Crippen LogP contribution < -0.4 is 5.73 Å². The molecule has 0 aliphatic rings. The second-order valence-corrected chi connectivity index (χ2v) is 4.65. The van der Waals surface area contributed by atoms with Crippen molar-refractivity contribution in [3.05, 3.63) is 34.6 Å². The van der Waals surface area contributed by atoms with Gasteiger partial charge in [-0.05, 0) is 30.5 Å². The van der Waals surface area contributed by atoms with E-state index in [2.05, 4.69) is 0 Å². The van der Waals surface area contributed by atoms with Gasteiger partial charge in [-0.1, -0.05) is 31.5 Å². The molecule has 0 atom stereocenters. The van der Waals surface area contributed by atoms with Crippen molar-refractivity contribution in [2.45, 2.75) is 20.3 Å². The summed E-state index contributed by atoms with van der Waals surface area (Å²) in [6, 6.07) is 4.73. The summed E-state index contributed by atoms with van der Waals surface area (Å²) < 4.78 is 13.4. The number of hydrogen-bond acceptors (Lipinski definition) is 1. The molecule has 0 aromatic heterocycles. The Hall–Kier alpha value is -0.600. The summed E-state index contributed by atoms with van der Waals surface area (Å²) in [6.07, 6.45) is 0.564. The maximum atomic E-state index is 13.4. The van der Waals surface area contributed by atoms with Crippen molar-refractivity contribution in [3.8, 4) is 0 Å². The number of nitrogens with two attached hydrogens (primary N) is 1. The predicted molar refractivity (Wildman–Crippen MR) is 57.9 cm³/mol. The summed E-state index contributed by atoms with van der Waals surface area (Å²) in [5, 5.41) is 0.478. The van der Waals surface area contributed by atoms with Gasteiger partial charge in [0, 0.05) is 10.6 Å². The van der Waals surface area contributed by atoms with E-state index in [1.165, 1.54) is 6.07 Å². The summed E-state index contributed by atoms with van der Waals surface area (Å²) in [5.41, 5.74) is 6.03. The van der Waals surface area contributed by atoms with Crippen LogP contribution in [0.3, 0.4) is 0 Å². The van der Waals surface area contributed by atoms with Crippen LogP contribution in [0.5, 0.6) is 0 Å². The molecule has 0 saturated carbocycles. The third-order valence-electron chi connectivity index (χ3n) is 2.27. The summed E-state index contributed by atoms with van der Waals surface area (Å²) in [6.45, 7) is 4.50. The lowest BCUT2D eigenvalue weighted by molar-refractivity contribution is 0.370. The average Bonchev–Trinajstić information content (AvgIpc) is 2.12. The van der Waals surface area contributed by atoms with Crippen molar-refractivity contribution in [3.63, 3.8) is 0 Å². The van der Waals surface area contributed by atoms with Gasteiger partial charge in [0.05, 0.1) is 0 Å². The molecule has 2 N–H and O–H groups in total. The molecule has 14 heavy (non-hydrogen) atoms. The normalized spacial score (nSPS) is 11.8. The monoisotopic (exact) mass is 215 g/mol. The van der Waals surface area contributed by atoms with Gasteiger partial charge in [-0.15, -0.1) is 0 Å². The Labute approximate surface area is 89.1 Å². The molecule has 0 unspecified atom stereocenters. The SMILES string of the molecule is CC(C)(CN)Cc1c(F)cccc1Cl. The second kappa shape index (κ2) is 4.28. The largest absolute Gasteiger partial charge is 0.330 e. The number of rotatable bonds is 3. The molecule has 0 radical (unpaired) electrons. The Morgan fingerprint density at radius 2 is 2.07 bits per heavy atom. The van der Waals surface area contributed by atoms with Crippen LogP contribution in [0, 0.1) is 11.2 Å². The Morgan fingerprint density at radius 3 is 2.57 bits per heavy atom. The van der Waals surface area contributed by atoms with Crippen LogP contribution in [0.25, 0.3) is 0 Å². The summed E-state index contributed by atoms with van der Waals surface area (Å²) in [7, 11) is 0. The molecule has 0 bridgehead atoms. The van der Waals surface area contributed by atoms with Gasteiger partial charge in [0.1, 0.15) is 5.82 Å². The van der Waals surface area contributed by atoms with Crippen molar-refractivity contribution >= 4 is 11.6 Å². The minimum Gasteiger partial charge on any atom is -0.330 e. The van der Waals surface area contributed by atoms with E-state index in [9.17, 15) is 4.39 Å². The molecule has 0 aliphatic heterocycles. The van der Waals surface area contributed by atoms with Crippen LogP contribution in [-0.4, -0.2) is 6.54 Å². The lowest BCUT2D eigenvalue weighted by Gasteiger charge is -2.23. The van der Waals surface area contributed by atoms with Crippen molar-refractivity contribution in [1.82, 2.24) is 0 Å². The van der Waals surface area contributed by atoms with E-state index in [4.69, 9.17) is 17.3 Å². The maximum absolute atomic E-state index is 13.4. The first-order valence-electron chi connectivity index (χ1n) is 4.59. The molecule has 1 rings (SSSR count). The van der Waals surface area contributed by atoms with Crippen LogP contribution >= 0.6 is 11.6 Å². The molecule has 3 heteroatoms. The maximum Gasteiger partial charge on any atom is 0.127 e. The second-order valence-electron chi connectivity index (χ2n) is 4.25. The molecule has 0 spiro atoms. The number of benzene rings is 1. The molecule has 0 saturated heterocycles. The van der Waals surface area contributed by atoms with Crippen LogP contribution in [0.15, 0.2) is 18.2 Å². The predicted octanol–water partition coefficient (Wildman–Crippen LogP) is 3.01. The van der Waals surface area contributed by atoms with E-state index < -0.39 is 0 Å². The standard InChI is InChI=1S/C11H15ClFN/c1-11(2,7-14)6-8-9(12)4-3-5-10(8)13/h3-5H,6-7,14H2,1-2H3. The van der Waals surface area contributed by atoms with Crippen molar-refractivity contribution < 1.29 is 4.39 Å². The topological polar surface area (TPSA) is 26.0 Å². The fraction of sp³-hybridized carbons (Fsp3) is 0.455. The van der Waals surface area contributed by atoms with Crippen LogP contribution in [0.1, 0.15) is 19.4 Å². The quantitative estimate of drug-likeness (QED) is 0.824. The Kier molecular flexibility index (Phi) is 3.51. The van der Waals surface area contributed by atoms with E-state index in [0.29, 0.717) is 23.6 Å². The van der Waals surface area contributed by atoms with Gasteiger partial charge in [-0.3, -0.25) is 0 Å². The average molecular weight is 216 g/mol. The first-order chi connectivity index (χ1) is 6.46. The first kappa shape index (κ1) is 11.5. The molecule has 1 aromatic rings. The minimum atomic E-state index is -0.251. The molecular formula is C11H15ClFN. The van der Waals surface area contributed by atoms with Gasteiger partial charge in [-0.25, -0.2) is 4.39 Å². The van der Waals surface area contributed by atoms with Crippen molar-refractivity contribution in [2.24, 2.45) is 11.1 Å². The third kappa shape index (κ3) is 2.69. The van der Waals surface area contributed by atoms with Gasteiger partial charge >= 0.3 is 0 Å². The number of hydrogen-bond donors (Lipinski definition) is 1. The van der Waals surface area contributed by atoms with Gasteiger partial charge in [0.25, 0.3) is 0 Å². The fourth-order valence-corrected chi connectivity index (χ4v) is 1.48. The van der Waals surface area contributed by atoms with Crippen molar-refractivity contribution in [2.75, 3.05) is 6.54 Å². The lowest BCUT2D eigenvalue weighted by Crippen LogP contribution is -2.26. The van der Waals surface area contributed by atoms with Gasteiger partial charge in [0.15, 0.2) is 0 Å². The molecule has 0 fully saturated rings. The first-order valence-corrected chi connectivity index (χ1v) is 4.97. The fourth-order valence-electron chi connectivity index (χ4n) is 1.25. The zero-order valence-electron chi connectivity index (χ0n) is 8.48. The zero-order chi connectivity index (χ0) is 10.8. The van der Waals surface area contributed by atoms with Crippen molar-refractivity contribution in [1.29, 1.82) is 0 Å². The highest BCUT2D eigenvalue weighted by Crippen LogP contribution is 2.27. The van der Waals surface area contributed by atoms with Crippen LogP contribution in [0.4, 0.5) is 4.39 Å². The third-order valence-corrected chi connectivity index (χ3v) is 2.62. The highest BCUT2D eigenvalue weighted by atomic mass is 35.5. The summed E-state index contributed by atoms with van der Waals surface area (Å²) in [5.74, 6) is -0.251. The van der Waals surface area contributed by atoms with Gasteiger partial charge in [0.2, 0.25) is 0 Å². The zero-order valence-corrected chi connectivity index (χ0v) is 9.24. The van der Waals surface area contributed by atoms with E-state index >= 15 is 0 Å². The van der Waals surface area contributed by atoms with Gasteiger partial charge < -0.3 is 5.73 Å². The van der Waals surface area contributed by atoms with E-state index in [1.807, 2.05) is 13.8 Å². The van der Waals surface area contributed by atoms with E-state index in [0.717, 1.165) is 0 Å². The van der Waals surface area contributed by atoms with Crippen LogP contribution in [-0.2, 0) is 6.42 Å². The highest BCUT2D eigenvalue weighted by Gasteiger charge is 2.20. The molecule has 0 amide bonds. The van der Waals surface area contributed by atoms with E-state index in [-0.39, 0.29) is 11.2 Å². The summed E-state index contributed by atoms with van der Waals surface area (Å²) in [4.78, 5) is 0. The Bertz CT molecular complexity index is 303. The molecular weight excluding hydrogens is 201 g/mol. The molecule has 1 aromatic carbocycles. The smallest absolute Gasteiger partial charge is 0.127 e. The molecule has 78 valence electrons. The minimum absolute atomic E-state index is 0.119. The van der Waals surface area contributed by atoms with E-state index in [1.54, 1.807) is 12.1 Å². The Balaban J connectivity index is 2.97. The molecule has 0 aliphatic carbocycles. The van der Waals surface area contributed by atoms with Crippen LogP contribution in [0.2, 0.25) is 5.02 Å². The number of halogens is 2. The lowest BCUT2D eigenvalue weighted by atomic mass is 9.86. The Morgan fingerprint density at radius 1 is 1.43 bits per heavy atom.